The third kappa shape index (κ3) is 4.94. The molecule has 1 atom stereocenters. The number of anilines is 1. The molecule has 6 nitrogen and oxygen atoms in total. The third-order valence-electron chi connectivity index (χ3n) is 6.08. The fourth-order valence-electron chi connectivity index (χ4n) is 4.26. The van der Waals surface area contributed by atoms with E-state index in [1.54, 1.807) is 16.0 Å². The number of hydrogen-bond acceptors (Lipinski definition) is 6. The molecule has 0 spiro atoms. The Balaban J connectivity index is 1.57. The van der Waals surface area contributed by atoms with Crippen molar-refractivity contribution in [2.75, 3.05) is 18.5 Å². The van der Waals surface area contributed by atoms with Crippen molar-refractivity contribution in [2.45, 2.75) is 52.1 Å². The van der Waals surface area contributed by atoms with E-state index in [9.17, 15) is 0 Å². The van der Waals surface area contributed by atoms with Crippen molar-refractivity contribution >= 4 is 28.1 Å². The lowest BCUT2D eigenvalue weighted by atomic mass is 9.84. The summed E-state index contributed by atoms with van der Waals surface area (Å²) < 4.78 is 1.79. The first-order chi connectivity index (χ1) is 14.5. The second-order valence-electron chi connectivity index (χ2n) is 10.1. The molecular formula is C23H31ClN6S. The molecule has 0 amide bonds. The lowest BCUT2D eigenvalue weighted by Crippen LogP contribution is -2.44. The zero-order valence-corrected chi connectivity index (χ0v) is 20.7. The predicted octanol–water partition coefficient (Wildman–Crippen LogP) is 5.25. The summed E-state index contributed by atoms with van der Waals surface area (Å²) in [5.74, 6) is 0. The maximum absolute atomic E-state index is 6.64. The summed E-state index contributed by atoms with van der Waals surface area (Å²) >= 11 is 8.24. The maximum Gasteiger partial charge on any atom is 0.208 e. The van der Waals surface area contributed by atoms with Gasteiger partial charge in [-0.1, -0.05) is 42.9 Å². The van der Waals surface area contributed by atoms with Gasteiger partial charge in [-0.25, -0.2) is 0 Å². The van der Waals surface area contributed by atoms with E-state index in [4.69, 9.17) is 11.6 Å². The van der Waals surface area contributed by atoms with Gasteiger partial charge in [0.05, 0.1) is 11.2 Å². The van der Waals surface area contributed by atoms with Crippen LogP contribution in [-0.2, 0) is 7.05 Å². The van der Waals surface area contributed by atoms with E-state index in [0.29, 0.717) is 11.1 Å². The molecule has 0 saturated carbocycles. The van der Waals surface area contributed by atoms with Gasteiger partial charge in [-0.2, -0.15) is 5.10 Å². The number of nitrogens with one attached hydrogen (secondary N) is 1. The minimum Gasteiger partial charge on any atom is -0.347 e. The Kier molecular flexibility index (Phi) is 5.87. The van der Waals surface area contributed by atoms with Crippen molar-refractivity contribution in [3.8, 4) is 21.7 Å². The van der Waals surface area contributed by atoms with Gasteiger partial charge in [-0.05, 0) is 49.8 Å². The molecule has 0 aliphatic carbocycles. The van der Waals surface area contributed by atoms with Gasteiger partial charge in [0.25, 0.3) is 0 Å². The molecule has 8 heteroatoms. The Bertz CT molecular complexity index is 1050. The van der Waals surface area contributed by atoms with Crippen molar-refractivity contribution in [1.82, 2.24) is 25.3 Å². The number of halogens is 1. The van der Waals surface area contributed by atoms with Crippen LogP contribution >= 0.6 is 22.9 Å². The molecule has 1 aromatic carbocycles. The van der Waals surface area contributed by atoms with E-state index >= 15 is 0 Å². The van der Waals surface area contributed by atoms with Gasteiger partial charge < -0.3 is 10.2 Å². The molecule has 1 aliphatic heterocycles. The lowest BCUT2D eigenvalue weighted by molar-refractivity contribution is 0.306. The van der Waals surface area contributed by atoms with Crippen molar-refractivity contribution in [2.24, 2.45) is 12.5 Å². The van der Waals surface area contributed by atoms with Crippen LogP contribution in [0.15, 0.2) is 30.6 Å². The maximum atomic E-state index is 6.64. The minimum absolute atomic E-state index is 0.0889. The van der Waals surface area contributed by atoms with E-state index in [2.05, 4.69) is 66.3 Å². The molecule has 1 aliphatic rings. The van der Waals surface area contributed by atoms with E-state index < -0.39 is 0 Å². The monoisotopic (exact) mass is 458 g/mol. The summed E-state index contributed by atoms with van der Waals surface area (Å²) in [6.45, 7) is 10.2. The summed E-state index contributed by atoms with van der Waals surface area (Å²) in [4.78, 5) is 2.30. The van der Waals surface area contributed by atoms with Gasteiger partial charge in [-0.15, -0.1) is 10.2 Å². The number of rotatable bonds is 4. The highest BCUT2D eigenvalue weighted by Crippen LogP contribution is 2.38. The number of benzene rings is 1. The first-order valence-electron chi connectivity index (χ1n) is 10.6. The Morgan fingerprint density at radius 3 is 2.61 bits per heavy atom. The number of aryl methyl sites for hydroxylation is 1. The standard InChI is InChI=1S/C23H31ClN6S/c1-22(2)10-17(11-23(3,4)25-14-22)30(6)21-28-27-20(31-21)18-8-7-15(9-19(18)24)16-12-26-29(5)13-16/h7-9,12-13,17,25H,10-11,14H2,1-6H3. The summed E-state index contributed by atoms with van der Waals surface area (Å²) in [7, 11) is 4.05. The molecule has 0 radical (unpaired) electrons. The van der Waals surface area contributed by atoms with Crippen LogP contribution in [0, 0.1) is 5.41 Å². The molecule has 31 heavy (non-hydrogen) atoms. The third-order valence-corrected chi connectivity index (χ3v) is 7.44. The summed E-state index contributed by atoms with van der Waals surface area (Å²) in [5, 5.41) is 19.4. The van der Waals surface area contributed by atoms with Crippen LogP contribution in [0.4, 0.5) is 5.13 Å². The van der Waals surface area contributed by atoms with Gasteiger partial charge in [-0.3, -0.25) is 4.68 Å². The second kappa shape index (κ2) is 8.19. The van der Waals surface area contributed by atoms with Crippen molar-refractivity contribution in [1.29, 1.82) is 0 Å². The number of hydrogen-bond donors (Lipinski definition) is 1. The van der Waals surface area contributed by atoms with Gasteiger partial charge in [0, 0.05) is 49.5 Å². The molecule has 3 aromatic rings. The van der Waals surface area contributed by atoms with Gasteiger partial charge in [0.15, 0.2) is 5.01 Å². The van der Waals surface area contributed by atoms with Gasteiger partial charge in [0.1, 0.15) is 0 Å². The molecule has 1 unspecified atom stereocenters. The Hall–Kier alpha value is -1.96. The van der Waals surface area contributed by atoms with Crippen LogP contribution in [0.1, 0.15) is 40.5 Å². The Morgan fingerprint density at radius 2 is 1.94 bits per heavy atom. The summed E-state index contributed by atoms with van der Waals surface area (Å²) in [5.41, 5.74) is 3.31. The largest absolute Gasteiger partial charge is 0.347 e. The van der Waals surface area contributed by atoms with Crippen LogP contribution in [0.3, 0.4) is 0 Å². The molecule has 0 bridgehead atoms. The van der Waals surface area contributed by atoms with Crippen LogP contribution in [0.2, 0.25) is 5.02 Å². The molecule has 2 aromatic heterocycles. The average Bonchev–Trinajstić information content (AvgIpc) is 3.32. The second-order valence-corrected chi connectivity index (χ2v) is 11.4. The highest BCUT2D eigenvalue weighted by Gasteiger charge is 2.36. The van der Waals surface area contributed by atoms with Gasteiger partial charge >= 0.3 is 0 Å². The molecular weight excluding hydrogens is 428 g/mol. The zero-order chi connectivity index (χ0) is 22.4. The van der Waals surface area contributed by atoms with Crippen LogP contribution < -0.4 is 10.2 Å². The zero-order valence-electron chi connectivity index (χ0n) is 19.1. The predicted molar refractivity (Wildman–Crippen MR) is 130 cm³/mol. The van der Waals surface area contributed by atoms with E-state index in [-0.39, 0.29) is 11.0 Å². The highest BCUT2D eigenvalue weighted by molar-refractivity contribution is 7.18. The first-order valence-corrected chi connectivity index (χ1v) is 11.8. The topological polar surface area (TPSA) is 58.9 Å². The Morgan fingerprint density at radius 1 is 1.16 bits per heavy atom. The summed E-state index contributed by atoms with van der Waals surface area (Å²) in [6, 6.07) is 6.45. The van der Waals surface area contributed by atoms with Crippen LogP contribution in [0.5, 0.6) is 0 Å². The number of nitrogens with zero attached hydrogens (tertiary/aromatic N) is 5. The van der Waals surface area contributed by atoms with Crippen molar-refractivity contribution < 1.29 is 0 Å². The van der Waals surface area contributed by atoms with Crippen molar-refractivity contribution in [3.63, 3.8) is 0 Å². The Labute approximate surface area is 193 Å². The fourth-order valence-corrected chi connectivity index (χ4v) is 5.50. The van der Waals surface area contributed by atoms with E-state index in [1.165, 1.54) is 0 Å². The SMILES string of the molecule is CN(c1nnc(-c2ccc(-c3cnn(C)c3)cc2Cl)s1)C1CC(C)(C)CNC(C)(C)C1. The highest BCUT2D eigenvalue weighted by atomic mass is 35.5. The first kappa shape index (κ1) is 22.2. The number of aromatic nitrogens is 4. The van der Waals surface area contributed by atoms with E-state index in [1.807, 2.05) is 31.6 Å². The molecule has 3 heterocycles. The molecule has 1 fully saturated rings. The van der Waals surface area contributed by atoms with Gasteiger partial charge in [0.2, 0.25) is 5.13 Å². The molecule has 1 saturated heterocycles. The normalized spacial score (nSPS) is 20.4. The summed E-state index contributed by atoms with van der Waals surface area (Å²) in [6.07, 6.45) is 5.99. The van der Waals surface area contributed by atoms with Crippen molar-refractivity contribution in [3.05, 3.63) is 35.6 Å². The average molecular weight is 459 g/mol. The van der Waals surface area contributed by atoms with Crippen LogP contribution in [-0.4, -0.2) is 45.2 Å². The molecule has 166 valence electrons. The quantitative estimate of drug-likeness (QED) is 0.578. The molecule has 4 rings (SSSR count). The lowest BCUT2D eigenvalue weighted by Gasteiger charge is -2.33. The smallest absolute Gasteiger partial charge is 0.208 e. The van der Waals surface area contributed by atoms with Crippen LogP contribution in [0.25, 0.3) is 21.7 Å². The minimum atomic E-state index is 0.0889. The molecule has 1 N–H and O–H groups in total. The van der Waals surface area contributed by atoms with E-state index in [0.717, 1.165) is 46.2 Å². The fraction of sp³-hybridized carbons (Fsp3) is 0.522.